The van der Waals surface area contributed by atoms with Crippen molar-refractivity contribution in [2.75, 3.05) is 0 Å². The number of hydrogen-bond donors (Lipinski definition) is 1. The summed E-state index contributed by atoms with van der Waals surface area (Å²) in [5.41, 5.74) is -4.75. The van der Waals surface area contributed by atoms with Crippen molar-refractivity contribution >= 4 is 0 Å². The van der Waals surface area contributed by atoms with Gasteiger partial charge in [-0.15, -0.1) is 0 Å². The molecule has 0 fully saturated rings. The van der Waals surface area contributed by atoms with Gasteiger partial charge in [0.15, 0.2) is 0 Å². The van der Waals surface area contributed by atoms with E-state index in [0.717, 1.165) is 0 Å². The predicted molar refractivity (Wildman–Crippen MR) is 36.5 cm³/mol. The Morgan fingerprint density at radius 3 is 1.57 bits per heavy atom. The van der Waals surface area contributed by atoms with Gasteiger partial charge in [-0.05, 0) is 12.5 Å². The number of rotatable bonds is 2. The van der Waals surface area contributed by atoms with Gasteiger partial charge < -0.3 is 5.11 Å². The fourth-order valence-corrected chi connectivity index (χ4v) is 0.638. The monoisotopic (exact) mass is 222 g/mol. The molecule has 0 saturated carbocycles. The van der Waals surface area contributed by atoms with Crippen molar-refractivity contribution in [1.82, 2.24) is 0 Å². The van der Waals surface area contributed by atoms with E-state index >= 15 is 0 Å². The van der Waals surface area contributed by atoms with Crippen molar-refractivity contribution in [2.45, 2.75) is 31.3 Å². The molecule has 0 aliphatic heterocycles. The van der Waals surface area contributed by atoms with Gasteiger partial charge in [0.05, 0.1) is 0 Å². The van der Waals surface area contributed by atoms with Gasteiger partial charge in [0, 0.05) is 0 Å². The van der Waals surface area contributed by atoms with Gasteiger partial charge in [-0.25, -0.2) is 0 Å². The lowest BCUT2D eigenvalue weighted by molar-refractivity contribution is -0.347. The van der Waals surface area contributed by atoms with Crippen LogP contribution in [0.3, 0.4) is 0 Å². The summed E-state index contributed by atoms with van der Waals surface area (Å²) in [6.07, 6.45) is -11.2. The number of hydrogen-bond acceptors (Lipinski definition) is 1. The summed E-state index contributed by atoms with van der Waals surface area (Å²) >= 11 is 0. The fourth-order valence-electron chi connectivity index (χ4n) is 0.638. The molecule has 0 aliphatic rings. The summed E-state index contributed by atoms with van der Waals surface area (Å²) in [4.78, 5) is 0. The highest BCUT2D eigenvalue weighted by Crippen LogP contribution is 2.43. The van der Waals surface area contributed by atoms with Crippen LogP contribution < -0.4 is 0 Å². The molecular formula is C7H8F6O. The molecule has 0 amide bonds. The second kappa shape index (κ2) is 3.80. The number of halogens is 6. The van der Waals surface area contributed by atoms with Crippen molar-refractivity contribution in [3.05, 3.63) is 12.2 Å². The van der Waals surface area contributed by atoms with E-state index in [1.807, 2.05) is 0 Å². The van der Waals surface area contributed by atoms with E-state index < -0.39 is 18.0 Å². The molecule has 0 rings (SSSR count). The van der Waals surface area contributed by atoms with E-state index in [9.17, 15) is 26.3 Å². The molecule has 0 saturated heterocycles. The summed E-state index contributed by atoms with van der Waals surface area (Å²) in [5.74, 6) is 0. The number of aliphatic hydroxyl groups is 1. The van der Waals surface area contributed by atoms with E-state index in [1.165, 1.54) is 6.92 Å². The maximum atomic E-state index is 11.9. The Morgan fingerprint density at radius 2 is 1.36 bits per heavy atom. The van der Waals surface area contributed by atoms with E-state index in [2.05, 4.69) is 0 Å². The SMILES string of the molecule is CC/C=C\C(O)(C(F)(F)F)C(F)(F)F. The standard InChI is InChI=1S/C7H8F6O/c1-2-3-4-5(14,6(8,9)10)7(11,12)13/h3-4,14H,2H2,1H3/b4-3-. The van der Waals surface area contributed by atoms with Crippen LogP contribution in [0.2, 0.25) is 0 Å². The first kappa shape index (κ1) is 13.3. The minimum Gasteiger partial charge on any atom is -0.370 e. The van der Waals surface area contributed by atoms with Gasteiger partial charge in [-0.2, -0.15) is 26.3 Å². The van der Waals surface area contributed by atoms with Gasteiger partial charge in [-0.3, -0.25) is 0 Å². The minimum atomic E-state index is -5.77. The molecule has 0 radical (unpaired) electrons. The number of alkyl halides is 6. The van der Waals surface area contributed by atoms with Crippen LogP contribution in [0.15, 0.2) is 12.2 Å². The number of allylic oxidation sites excluding steroid dienone is 1. The summed E-state index contributed by atoms with van der Waals surface area (Å²) in [7, 11) is 0. The van der Waals surface area contributed by atoms with E-state index in [4.69, 9.17) is 5.11 Å². The van der Waals surface area contributed by atoms with Gasteiger partial charge in [0.2, 0.25) is 0 Å². The zero-order valence-electron chi connectivity index (χ0n) is 7.08. The summed E-state index contributed by atoms with van der Waals surface area (Å²) in [5, 5.41) is 8.48. The van der Waals surface area contributed by atoms with Gasteiger partial charge in [0.1, 0.15) is 0 Å². The first-order valence-electron chi connectivity index (χ1n) is 3.59. The molecule has 84 valence electrons. The third kappa shape index (κ3) is 2.40. The summed E-state index contributed by atoms with van der Waals surface area (Å²) in [6, 6.07) is 0. The Morgan fingerprint density at radius 1 is 1.00 bits per heavy atom. The Labute approximate surface area is 76.0 Å². The molecule has 0 spiro atoms. The van der Waals surface area contributed by atoms with E-state index in [1.54, 1.807) is 0 Å². The van der Waals surface area contributed by atoms with Crippen molar-refractivity contribution in [2.24, 2.45) is 0 Å². The molecule has 0 aromatic rings. The summed E-state index contributed by atoms with van der Waals surface area (Å²) < 4.78 is 71.4. The molecule has 1 N–H and O–H groups in total. The average molecular weight is 222 g/mol. The molecule has 0 unspecified atom stereocenters. The first-order valence-corrected chi connectivity index (χ1v) is 3.59. The normalized spacial score (nSPS) is 15.1. The van der Waals surface area contributed by atoms with Crippen molar-refractivity contribution in [3.8, 4) is 0 Å². The maximum absolute atomic E-state index is 11.9. The molecule has 14 heavy (non-hydrogen) atoms. The second-order valence-corrected chi connectivity index (χ2v) is 2.57. The molecule has 7 heteroatoms. The van der Waals surface area contributed by atoms with Gasteiger partial charge in [-0.1, -0.05) is 13.0 Å². The lowest BCUT2D eigenvalue weighted by Crippen LogP contribution is -2.55. The van der Waals surface area contributed by atoms with Crippen LogP contribution in [0.1, 0.15) is 13.3 Å². The second-order valence-electron chi connectivity index (χ2n) is 2.57. The van der Waals surface area contributed by atoms with Crippen LogP contribution in [0.5, 0.6) is 0 Å². The Balaban J connectivity index is 5.18. The van der Waals surface area contributed by atoms with E-state index in [-0.39, 0.29) is 12.5 Å². The van der Waals surface area contributed by atoms with Gasteiger partial charge in [0.25, 0.3) is 5.60 Å². The first-order chi connectivity index (χ1) is 6.06. The van der Waals surface area contributed by atoms with Crippen LogP contribution in [0.25, 0.3) is 0 Å². The van der Waals surface area contributed by atoms with Crippen LogP contribution in [-0.4, -0.2) is 23.1 Å². The zero-order chi connectivity index (χ0) is 11.6. The Hall–Kier alpha value is -0.720. The quantitative estimate of drug-likeness (QED) is 0.562. The summed E-state index contributed by atoms with van der Waals surface area (Å²) in [6.45, 7) is 1.35. The minimum absolute atomic E-state index is 0.0333. The fraction of sp³-hybridized carbons (Fsp3) is 0.714. The van der Waals surface area contributed by atoms with Crippen LogP contribution in [0.4, 0.5) is 26.3 Å². The molecular weight excluding hydrogens is 214 g/mol. The lowest BCUT2D eigenvalue weighted by Gasteiger charge is -2.29. The van der Waals surface area contributed by atoms with Crippen LogP contribution in [-0.2, 0) is 0 Å². The molecule has 0 heterocycles. The highest BCUT2D eigenvalue weighted by Gasteiger charge is 2.68. The van der Waals surface area contributed by atoms with E-state index in [0.29, 0.717) is 6.08 Å². The van der Waals surface area contributed by atoms with Gasteiger partial charge >= 0.3 is 12.4 Å². The molecule has 0 aliphatic carbocycles. The molecule has 0 aromatic heterocycles. The van der Waals surface area contributed by atoms with Crippen molar-refractivity contribution in [1.29, 1.82) is 0 Å². The zero-order valence-corrected chi connectivity index (χ0v) is 7.08. The van der Waals surface area contributed by atoms with Crippen LogP contribution in [0, 0.1) is 0 Å². The Bertz CT molecular complexity index is 199. The predicted octanol–water partition coefficient (Wildman–Crippen LogP) is 2.81. The highest BCUT2D eigenvalue weighted by molar-refractivity contribution is 5.10. The third-order valence-corrected chi connectivity index (χ3v) is 1.46. The van der Waals surface area contributed by atoms with Crippen LogP contribution >= 0.6 is 0 Å². The maximum Gasteiger partial charge on any atom is 0.429 e. The molecule has 0 aromatic carbocycles. The lowest BCUT2D eigenvalue weighted by atomic mass is 10.0. The highest BCUT2D eigenvalue weighted by atomic mass is 19.4. The topological polar surface area (TPSA) is 20.2 Å². The molecule has 0 atom stereocenters. The molecule has 1 nitrogen and oxygen atoms in total. The van der Waals surface area contributed by atoms with Crippen molar-refractivity contribution < 1.29 is 31.4 Å². The average Bonchev–Trinajstić information content (AvgIpc) is 1.95. The molecule has 0 bridgehead atoms. The smallest absolute Gasteiger partial charge is 0.370 e. The largest absolute Gasteiger partial charge is 0.429 e. The Kier molecular flexibility index (Phi) is 3.60. The third-order valence-electron chi connectivity index (χ3n) is 1.46. The van der Waals surface area contributed by atoms with Crippen molar-refractivity contribution in [3.63, 3.8) is 0 Å².